The molecule has 3 nitrogen and oxygen atoms in total. The lowest BCUT2D eigenvalue weighted by Crippen LogP contribution is -2.32. The first-order chi connectivity index (χ1) is 7.33. The molecule has 80 valence electrons. The van der Waals surface area contributed by atoms with Crippen LogP contribution in [-0.2, 0) is 4.79 Å². The molecule has 1 aromatic heterocycles. The molecule has 2 heterocycles. The quantitative estimate of drug-likeness (QED) is 0.691. The number of hydrogen-bond acceptors (Lipinski definition) is 2. The van der Waals surface area contributed by atoms with Crippen molar-refractivity contribution in [1.82, 2.24) is 9.88 Å². The molecule has 1 amide bonds. The molecule has 1 fully saturated rings. The van der Waals surface area contributed by atoms with E-state index < -0.39 is 0 Å². The van der Waals surface area contributed by atoms with Crippen LogP contribution in [0.25, 0.3) is 0 Å². The molecule has 1 aliphatic rings. The molecule has 15 heavy (non-hydrogen) atoms. The lowest BCUT2D eigenvalue weighted by Gasteiger charge is -2.33. The van der Waals surface area contributed by atoms with Gasteiger partial charge in [0.25, 0.3) is 0 Å². The van der Waals surface area contributed by atoms with Gasteiger partial charge in [0.2, 0.25) is 6.41 Å². The van der Waals surface area contributed by atoms with Crippen LogP contribution in [0, 0.1) is 6.92 Å². The summed E-state index contributed by atoms with van der Waals surface area (Å²) in [5, 5.41) is 0. The zero-order valence-electron chi connectivity index (χ0n) is 9.02. The van der Waals surface area contributed by atoms with Crippen molar-refractivity contribution in [3.8, 4) is 0 Å². The average molecular weight is 204 g/mol. The molecule has 0 radical (unpaired) electrons. The van der Waals surface area contributed by atoms with Gasteiger partial charge in [0.05, 0.1) is 6.04 Å². The fraction of sp³-hybridized carbons (Fsp3) is 0.500. The Balaban J connectivity index is 2.28. The molecule has 0 spiro atoms. The number of likely N-dealkylation sites (tertiary alicyclic amines) is 1. The number of aryl methyl sites for hydroxylation is 1. The first-order valence-corrected chi connectivity index (χ1v) is 5.45. The zero-order chi connectivity index (χ0) is 10.7. The Morgan fingerprint density at radius 3 is 3.13 bits per heavy atom. The molecule has 0 saturated carbocycles. The van der Waals surface area contributed by atoms with Crippen LogP contribution in [0.15, 0.2) is 18.3 Å². The molecule has 0 aromatic carbocycles. The third-order valence-corrected chi connectivity index (χ3v) is 3.09. The SMILES string of the molecule is Cc1ncccc1C1CCCCN1C=O. The van der Waals surface area contributed by atoms with Crippen LogP contribution in [0.1, 0.15) is 36.6 Å². The van der Waals surface area contributed by atoms with Gasteiger partial charge in [-0.25, -0.2) is 0 Å². The minimum Gasteiger partial charge on any atom is -0.338 e. The summed E-state index contributed by atoms with van der Waals surface area (Å²) < 4.78 is 0. The molecule has 0 bridgehead atoms. The molecule has 0 aliphatic carbocycles. The Morgan fingerprint density at radius 2 is 2.40 bits per heavy atom. The Labute approximate surface area is 90.1 Å². The highest BCUT2D eigenvalue weighted by Crippen LogP contribution is 2.30. The number of nitrogens with zero attached hydrogens (tertiary/aromatic N) is 2. The summed E-state index contributed by atoms with van der Waals surface area (Å²) in [6.45, 7) is 2.88. The monoisotopic (exact) mass is 204 g/mol. The number of rotatable bonds is 2. The van der Waals surface area contributed by atoms with Crippen LogP contribution >= 0.6 is 0 Å². The van der Waals surface area contributed by atoms with Crippen LogP contribution in [0.5, 0.6) is 0 Å². The highest BCUT2D eigenvalue weighted by molar-refractivity contribution is 5.49. The van der Waals surface area contributed by atoms with Gasteiger partial charge < -0.3 is 4.90 Å². The molecular weight excluding hydrogens is 188 g/mol. The molecule has 0 N–H and O–H groups in total. The second-order valence-electron chi connectivity index (χ2n) is 4.03. The maximum absolute atomic E-state index is 11.0. The highest BCUT2D eigenvalue weighted by atomic mass is 16.1. The fourth-order valence-corrected chi connectivity index (χ4v) is 2.26. The third kappa shape index (κ3) is 2.01. The second-order valence-corrected chi connectivity index (χ2v) is 4.03. The number of carbonyl (C=O) groups is 1. The van der Waals surface area contributed by atoms with Gasteiger partial charge in [0.15, 0.2) is 0 Å². The van der Waals surface area contributed by atoms with Crippen LogP contribution in [0.4, 0.5) is 0 Å². The topological polar surface area (TPSA) is 33.2 Å². The minimum absolute atomic E-state index is 0.241. The molecule has 1 aliphatic heterocycles. The highest BCUT2D eigenvalue weighted by Gasteiger charge is 2.23. The van der Waals surface area contributed by atoms with Gasteiger partial charge in [0.1, 0.15) is 0 Å². The largest absolute Gasteiger partial charge is 0.338 e. The average Bonchev–Trinajstić information content (AvgIpc) is 2.30. The van der Waals surface area contributed by atoms with Crippen molar-refractivity contribution in [3.63, 3.8) is 0 Å². The number of piperidine rings is 1. The van der Waals surface area contributed by atoms with Crippen molar-refractivity contribution < 1.29 is 4.79 Å². The predicted octanol–water partition coefficient (Wildman–Crippen LogP) is 2.07. The van der Waals surface area contributed by atoms with Crippen molar-refractivity contribution >= 4 is 6.41 Å². The molecule has 2 rings (SSSR count). The molecule has 3 heteroatoms. The second kappa shape index (κ2) is 4.43. The van der Waals surface area contributed by atoms with E-state index in [1.807, 2.05) is 17.9 Å². The lowest BCUT2D eigenvalue weighted by atomic mass is 9.95. The van der Waals surface area contributed by atoms with E-state index in [0.717, 1.165) is 31.5 Å². The van der Waals surface area contributed by atoms with Crippen molar-refractivity contribution in [1.29, 1.82) is 0 Å². The van der Waals surface area contributed by atoms with E-state index in [9.17, 15) is 4.79 Å². The number of carbonyl (C=O) groups excluding carboxylic acids is 1. The first kappa shape index (κ1) is 10.1. The van der Waals surface area contributed by atoms with Gasteiger partial charge in [-0.05, 0) is 37.8 Å². The van der Waals surface area contributed by atoms with E-state index in [1.165, 1.54) is 12.0 Å². The van der Waals surface area contributed by atoms with Gasteiger partial charge in [-0.1, -0.05) is 6.07 Å². The summed E-state index contributed by atoms with van der Waals surface area (Å²) in [6, 6.07) is 4.26. The summed E-state index contributed by atoms with van der Waals surface area (Å²) in [5.74, 6) is 0. The van der Waals surface area contributed by atoms with E-state index in [0.29, 0.717) is 0 Å². The number of hydrogen-bond donors (Lipinski definition) is 0. The van der Waals surface area contributed by atoms with Crippen molar-refractivity contribution in [3.05, 3.63) is 29.6 Å². The summed E-state index contributed by atoms with van der Waals surface area (Å²) in [4.78, 5) is 17.1. The summed E-state index contributed by atoms with van der Waals surface area (Å²) in [6.07, 6.45) is 6.15. The Bertz CT molecular complexity index is 351. The van der Waals surface area contributed by atoms with Crippen molar-refractivity contribution in [2.45, 2.75) is 32.2 Å². The zero-order valence-corrected chi connectivity index (χ0v) is 9.02. The van der Waals surface area contributed by atoms with Gasteiger partial charge in [-0.3, -0.25) is 9.78 Å². The third-order valence-electron chi connectivity index (χ3n) is 3.09. The van der Waals surface area contributed by atoms with Crippen LogP contribution in [0.2, 0.25) is 0 Å². The molecule has 1 saturated heterocycles. The van der Waals surface area contributed by atoms with E-state index in [4.69, 9.17) is 0 Å². The summed E-state index contributed by atoms with van der Waals surface area (Å²) in [7, 11) is 0. The van der Waals surface area contributed by atoms with Crippen LogP contribution in [0.3, 0.4) is 0 Å². The van der Waals surface area contributed by atoms with Crippen molar-refractivity contribution in [2.75, 3.05) is 6.54 Å². The maximum atomic E-state index is 11.0. The number of pyridine rings is 1. The predicted molar refractivity (Wildman–Crippen MR) is 58.3 cm³/mol. The van der Waals surface area contributed by atoms with Gasteiger partial charge in [-0.2, -0.15) is 0 Å². The Morgan fingerprint density at radius 1 is 1.53 bits per heavy atom. The standard InChI is InChI=1S/C12H16N2O/c1-10-11(5-4-7-13-10)12-6-2-3-8-14(12)9-15/h4-5,7,9,12H,2-3,6,8H2,1H3. The molecule has 1 aromatic rings. The summed E-state index contributed by atoms with van der Waals surface area (Å²) >= 11 is 0. The lowest BCUT2D eigenvalue weighted by molar-refractivity contribution is -0.121. The molecular formula is C12H16N2O. The van der Waals surface area contributed by atoms with Gasteiger partial charge in [0, 0.05) is 18.4 Å². The normalized spacial score (nSPS) is 21.4. The fourth-order valence-electron chi connectivity index (χ4n) is 2.26. The minimum atomic E-state index is 0.241. The molecule has 1 unspecified atom stereocenters. The van der Waals surface area contributed by atoms with E-state index in [2.05, 4.69) is 11.1 Å². The van der Waals surface area contributed by atoms with E-state index >= 15 is 0 Å². The Kier molecular flexibility index (Phi) is 2.99. The Hall–Kier alpha value is -1.38. The van der Waals surface area contributed by atoms with E-state index in [-0.39, 0.29) is 6.04 Å². The first-order valence-electron chi connectivity index (χ1n) is 5.45. The van der Waals surface area contributed by atoms with Gasteiger partial charge >= 0.3 is 0 Å². The molecule has 1 atom stereocenters. The number of amides is 1. The smallest absolute Gasteiger partial charge is 0.210 e. The maximum Gasteiger partial charge on any atom is 0.210 e. The summed E-state index contributed by atoms with van der Waals surface area (Å²) in [5.41, 5.74) is 2.24. The number of aromatic nitrogens is 1. The van der Waals surface area contributed by atoms with Crippen LogP contribution < -0.4 is 0 Å². The van der Waals surface area contributed by atoms with Crippen LogP contribution in [-0.4, -0.2) is 22.8 Å². The van der Waals surface area contributed by atoms with Gasteiger partial charge in [-0.15, -0.1) is 0 Å². The van der Waals surface area contributed by atoms with Crippen molar-refractivity contribution in [2.24, 2.45) is 0 Å². The van der Waals surface area contributed by atoms with E-state index in [1.54, 1.807) is 6.20 Å².